The zero-order valence-electron chi connectivity index (χ0n) is 16.7. The molecule has 2 saturated heterocycles. The minimum Gasteiger partial charge on any atom is -0.378 e. The van der Waals surface area contributed by atoms with Crippen molar-refractivity contribution < 1.29 is 14.5 Å². The van der Waals surface area contributed by atoms with Gasteiger partial charge in [-0.05, 0) is 18.6 Å². The number of carbonyl (C=O) groups excluding carboxylic acids is 1. The molecule has 0 radical (unpaired) electrons. The first kappa shape index (κ1) is 20.7. The van der Waals surface area contributed by atoms with Crippen molar-refractivity contribution in [2.24, 2.45) is 0 Å². The summed E-state index contributed by atoms with van der Waals surface area (Å²) in [6, 6.07) is 4.85. The van der Waals surface area contributed by atoms with Crippen LogP contribution in [0.1, 0.15) is 22.5 Å². The van der Waals surface area contributed by atoms with Gasteiger partial charge >= 0.3 is 0 Å². The first-order valence-corrected chi connectivity index (χ1v) is 11.1. The van der Waals surface area contributed by atoms with Crippen molar-refractivity contribution in [1.82, 2.24) is 14.8 Å². The van der Waals surface area contributed by atoms with Crippen LogP contribution in [0.2, 0.25) is 0 Å². The Bertz CT molecular complexity index is 885. The van der Waals surface area contributed by atoms with Crippen LogP contribution in [0.15, 0.2) is 29.1 Å². The summed E-state index contributed by atoms with van der Waals surface area (Å²) in [6.45, 7) is 5.98. The summed E-state index contributed by atoms with van der Waals surface area (Å²) < 4.78 is 5.28. The van der Waals surface area contributed by atoms with Crippen molar-refractivity contribution in [3.05, 3.63) is 50.5 Å². The van der Waals surface area contributed by atoms with Crippen molar-refractivity contribution in [3.63, 3.8) is 0 Å². The van der Waals surface area contributed by atoms with E-state index in [1.165, 1.54) is 6.07 Å². The largest absolute Gasteiger partial charge is 0.378 e. The standard InChI is InChI=1S/C20H25N5O4S/c26-20(24-8-10-29-11-9-24)16-2-3-18(19(12-16)25(27)28)23-5-1-4-22(6-7-23)13-17-14-30-15-21-17/h2-3,12,14-15H,1,4-11,13H2. The quantitative estimate of drug-likeness (QED) is 0.529. The van der Waals surface area contributed by atoms with E-state index in [-0.39, 0.29) is 16.5 Å². The van der Waals surface area contributed by atoms with Crippen LogP contribution in [0.4, 0.5) is 11.4 Å². The number of aromatic nitrogens is 1. The third kappa shape index (κ3) is 4.77. The maximum absolute atomic E-state index is 12.7. The summed E-state index contributed by atoms with van der Waals surface area (Å²) in [5.41, 5.74) is 3.82. The number of thiazole rings is 1. The van der Waals surface area contributed by atoms with Gasteiger partial charge in [-0.3, -0.25) is 19.8 Å². The molecule has 2 fully saturated rings. The number of rotatable bonds is 5. The van der Waals surface area contributed by atoms with E-state index in [1.54, 1.807) is 28.4 Å². The van der Waals surface area contributed by atoms with Gasteiger partial charge in [-0.15, -0.1) is 11.3 Å². The average Bonchev–Trinajstić information content (AvgIpc) is 3.17. The van der Waals surface area contributed by atoms with Crippen molar-refractivity contribution in [2.75, 3.05) is 57.4 Å². The molecule has 0 unspecified atom stereocenters. The fourth-order valence-electron chi connectivity index (χ4n) is 3.93. The average molecular weight is 432 g/mol. The lowest BCUT2D eigenvalue weighted by atomic mass is 10.1. The van der Waals surface area contributed by atoms with Crippen molar-refractivity contribution in [1.29, 1.82) is 0 Å². The third-order valence-electron chi connectivity index (χ3n) is 5.52. The van der Waals surface area contributed by atoms with E-state index in [2.05, 4.69) is 20.2 Å². The Hall–Kier alpha value is -2.56. The number of nitro benzene ring substituents is 1. The number of carbonyl (C=O) groups is 1. The molecular weight excluding hydrogens is 406 g/mol. The number of anilines is 1. The fourth-order valence-corrected chi connectivity index (χ4v) is 4.48. The monoisotopic (exact) mass is 431 g/mol. The van der Waals surface area contributed by atoms with Gasteiger partial charge in [0.05, 0.1) is 29.3 Å². The maximum Gasteiger partial charge on any atom is 0.293 e. The molecule has 4 rings (SSSR count). The summed E-state index contributed by atoms with van der Waals surface area (Å²) in [4.78, 5) is 34.6. The molecule has 9 nitrogen and oxygen atoms in total. The molecule has 1 aromatic heterocycles. The highest BCUT2D eigenvalue weighted by Crippen LogP contribution is 2.31. The first-order chi connectivity index (χ1) is 14.6. The second-order valence-electron chi connectivity index (χ2n) is 7.46. The molecule has 0 spiro atoms. The van der Waals surface area contributed by atoms with Gasteiger partial charge in [0.1, 0.15) is 5.69 Å². The fraction of sp³-hybridized carbons (Fsp3) is 0.500. The molecular formula is C20H25N5O4S. The summed E-state index contributed by atoms with van der Waals surface area (Å²) >= 11 is 1.59. The minimum absolute atomic E-state index is 0.0120. The normalized spacial score (nSPS) is 18.3. The summed E-state index contributed by atoms with van der Waals surface area (Å²) in [6.07, 6.45) is 0.912. The lowest BCUT2D eigenvalue weighted by Crippen LogP contribution is -2.40. The Morgan fingerprint density at radius 2 is 2.00 bits per heavy atom. The number of ether oxygens (including phenoxy) is 1. The van der Waals surface area contributed by atoms with Crippen LogP contribution in [0.5, 0.6) is 0 Å². The molecule has 0 N–H and O–H groups in total. The highest BCUT2D eigenvalue weighted by molar-refractivity contribution is 7.07. The van der Waals surface area contributed by atoms with Crippen LogP contribution in [-0.4, -0.2) is 78.1 Å². The van der Waals surface area contributed by atoms with Gasteiger partial charge in [0.2, 0.25) is 0 Å². The minimum atomic E-state index is -0.386. The smallest absolute Gasteiger partial charge is 0.293 e. The number of hydrogen-bond donors (Lipinski definition) is 0. The van der Waals surface area contributed by atoms with E-state index in [0.29, 0.717) is 44.1 Å². The van der Waals surface area contributed by atoms with Crippen LogP contribution in [0.3, 0.4) is 0 Å². The SMILES string of the molecule is O=C(c1ccc(N2CCCN(Cc3cscn3)CC2)c([N+](=O)[O-])c1)N1CCOCC1. The van der Waals surface area contributed by atoms with E-state index >= 15 is 0 Å². The predicted molar refractivity (Wildman–Crippen MR) is 114 cm³/mol. The molecule has 0 atom stereocenters. The Morgan fingerprint density at radius 3 is 2.73 bits per heavy atom. The Kier molecular flexibility index (Phi) is 6.56. The van der Waals surface area contributed by atoms with Crippen molar-refractivity contribution in [3.8, 4) is 0 Å². The molecule has 2 aliphatic rings. The van der Waals surface area contributed by atoms with Gasteiger partial charge in [0.25, 0.3) is 11.6 Å². The second-order valence-corrected chi connectivity index (χ2v) is 8.18. The lowest BCUT2D eigenvalue weighted by Gasteiger charge is -2.27. The lowest BCUT2D eigenvalue weighted by molar-refractivity contribution is -0.384. The van der Waals surface area contributed by atoms with Gasteiger partial charge in [-0.2, -0.15) is 0 Å². The number of morpholine rings is 1. The van der Waals surface area contributed by atoms with E-state index in [1.807, 2.05) is 5.51 Å². The van der Waals surface area contributed by atoms with Crippen LogP contribution >= 0.6 is 11.3 Å². The zero-order chi connectivity index (χ0) is 20.9. The molecule has 0 saturated carbocycles. The zero-order valence-corrected chi connectivity index (χ0v) is 17.6. The van der Waals surface area contributed by atoms with Gasteiger partial charge in [0, 0.05) is 62.8 Å². The highest BCUT2D eigenvalue weighted by atomic mass is 32.1. The summed E-state index contributed by atoms with van der Waals surface area (Å²) in [5.74, 6) is -0.182. The Labute approximate surface area is 179 Å². The molecule has 30 heavy (non-hydrogen) atoms. The number of hydrogen-bond acceptors (Lipinski definition) is 8. The molecule has 0 bridgehead atoms. The molecule has 160 valence electrons. The Balaban J connectivity index is 1.48. The number of nitrogens with zero attached hydrogens (tertiary/aromatic N) is 5. The van der Waals surface area contributed by atoms with Crippen LogP contribution in [0, 0.1) is 10.1 Å². The predicted octanol–water partition coefficient (Wildman–Crippen LogP) is 2.24. The Morgan fingerprint density at radius 1 is 1.17 bits per heavy atom. The van der Waals surface area contributed by atoms with Gasteiger partial charge in [-0.1, -0.05) is 0 Å². The molecule has 2 aliphatic heterocycles. The molecule has 3 heterocycles. The van der Waals surface area contributed by atoms with Crippen molar-refractivity contribution in [2.45, 2.75) is 13.0 Å². The summed E-state index contributed by atoms with van der Waals surface area (Å²) in [5, 5.41) is 13.8. The molecule has 1 amide bonds. The van der Waals surface area contributed by atoms with E-state index in [9.17, 15) is 14.9 Å². The van der Waals surface area contributed by atoms with Crippen LogP contribution < -0.4 is 4.90 Å². The maximum atomic E-state index is 12.7. The molecule has 0 aliphatic carbocycles. The number of amides is 1. The summed E-state index contributed by atoms with van der Waals surface area (Å²) in [7, 11) is 0. The van der Waals surface area contributed by atoms with E-state index < -0.39 is 0 Å². The van der Waals surface area contributed by atoms with E-state index in [4.69, 9.17) is 4.74 Å². The van der Waals surface area contributed by atoms with Gasteiger partial charge < -0.3 is 14.5 Å². The second kappa shape index (κ2) is 9.50. The van der Waals surface area contributed by atoms with Gasteiger partial charge in [-0.25, -0.2) is 4.98 Å². The first-order valence-electron chi connectivity index (χ1n) is 10.1. The third-order valence-corrected chi connectivity index (χ3v) is 6.15. The van der Waals surface area contributed by atoms with Crippen molar-refractivity contribution >= 4 is 28.6 Å². The number of nitro groups is 1. The highest BCUT2D eigenvalue weighted by Gasteiger charge is 2.26. The van der Waals surface area contributed by atoms with E-state index in [0.717, 1.165) is 38.3 Å². The van der Waals surface area contributed by atoms with Crippen LogP contribution in [0.25, 0.3) is 0 Å². The molecule has 10 heteroatoms. The molecule has 2 aromatic rings. The topological polar surface area (TPSA) is 92.0 Å². The van der Waals surface area contributed by atoms with Gasteiger partial charge in [0.15, 0.2) is 0 Å². The molecule has 1 aromatic carbocycles. The number of benzene rings is 1. The van der Waals surface area contributed by atoms with Crippen LogP contribution in [-0.2, 0) is 11.3 Å².